The van der Waals surface area contributed by atoms with Crippen LogP contribution in [0.1, 0.15) is 18.2 Å². The maximum absolute atomic E-state index is 11.7. The molecule has 0 radical (unpaired) electrons. The normalized spacial score (nSPS) is 11.4. The Labute approximate surface area is 133 Å². The van der Waals surface area contributed by atoms with Gasteiger partial charge in [-0.2, -0.15) is 0 Å². The van der Waals surface area contributed by atoms with Gasteiger partial charge in [0.1, 0.15) is 9.86 Å². The van der Waals surface area contributed by atoms with E-state index in [1.54, 1.807) is 15.9 Å². The average Bonchev–Trinajstić information content (AvgIpc) is 2.95. The molecule has 21 heavy (non-hydrogen) atoms. The van der Waals surface area contributed by atoms with Crippen molar-refractivity contribution < 1.29 is 0 Å². The first kappa shape index (κ1) is 14.6. The minimum atomic E-state index is -0.211. The topological polar surface area (TPSA) is 76.5 Å². The van der Waals surface area contributed by atoms with Crippen LogP contribution in [0.5, 0.6) is 0 Å². The highest BCUT2D eigenvalue weighted by atomic mass is 35.5. The lowest BCUT2D eigenvalue weighted by Gasteiger charge is -2.04. The fourth-order valence-electron chi connectivity index (χ4n) is 1.96. The molecule has 0 aliphatic heterocycles. The molecular weight excluding hydrogens is 330 g/mol. The number of nitrogens with one attached hydrogen (secondary N) is 1. The molecule has 0 atom stereocenters. The summed E-state index contributed by atoms with van der Waals surface area (Å²) in [6, 6.07) is 2.02. The lowest BCUT2D eigenvalue weighted by molar-refractivity contribution is 0.603. The Bertz CT molecular complexity index is 853. The van der Waals surface area contributed by atoms with Crippen LogP contribution >= 0.6 is 34.7 Å². The van der Waals surface area contributed by atoms with Gasteiger partial charge in [-0.25, -0.2) is 19.9 Å². The number of hydrogen-bond donors (Lipinski definition) is 1. The Morgan fingerprint density at radius 3 is 3.05 bits per heavy atom. The Kier molecular flexibility index (Phi) is 4.01. The zero-order chi connectivity index (χ0) is 15.0. The number of aryl methyl sites for hydroxylation is 1. The molecule has 0 fully saturated rings. The zero-order valence-corrected chi connectivity index (χ0v) is 13.8. The summed E-state index contributed by atoms with van der Waals surface area (Å²) in [6.45, 7) is 4.63. The van der Waals surface area contributed by atoms with Gasteiger partial charge in [0.2, 0.25) is 5.28 Å². The number of hydrogen-bond acceptors (Lipinski definition) is 6. The van der Waals surface area contributed by atoms with Crippen molar-refractivity contribution in [3.8, 4) is 0 Å². The van der Waals surface area contributed by atoms with Crippen LogP contribution in [0.25, 0.3) is 10.2 Å². The largest absolute Gasteiger partial charge is 0.343 e. The predicted octanol–water partition coefficient (Wildman–Crippen LogP) is 3.10. The van der Waals surface area contributed by atoms with E-state index in [1.165, 1.54) is 11.8 Å². The van der Waals surface area contributed by atoms with Crippen LogP contribution in [-0.4, -0.2) is 24.7 Å². The van der Waals surface area contributed by atoms with Crippen LogP contribution < -0.4 is 5.69 Å². The van der Waals surface area contributed by atoms with E-state index >= 15 is 0 Å². The molecule has 110 valence electrons. The number of aromatic amines is 1. The molecule has 0 saturated carbocycles. The number of aromatic nitrogens is 5. The number of nitrogens with zero attached hydrogens (tertiary/aromatic N) is 4. The third-order valence-electron chi connectivity index (χ3n) is 2.81. The summed E-state index contributed by atoms with van der Waals surface area (Å²) >= 11 is 8.87. The van der Waals surface area contributed by atoms with Crippen LogP contribution in [0.2, 0.25) is 5.28 Å². The number of rotatable bonds is 4. The van der Waals surface area contributed by atoms with Gasteiger partial charge < -0.3 is 0 Å². The van der Waals surface area contributed by atoms with Gasteiger partial charge in [0, 0.05) is 16.8 Å². The number of halogens is 1. The first-order chi connectivity index (χ1) is 10.1. The molecule has 1 N–H and O–H groups in total. The first-order valence-corrected chi connectivity index (χ1v) is 8.36. The van der Waals surface area contributed by atoms with Gasteiger partial charge in [-0.1, -0.05) is 6.92 Å². The molecule has 0 saturated heterocycles. The summed E-state index contributed by atoms with van der Waals surface area (Å²) in [5.74, 6) is 0. The third kappa shape index (κ3) is 2.83. The molecule has 6 nitrogen and oxygen atoms in total. The molecule has 3 aromatic rings. The summed E-state index contributed by atoms with van der Waals surface area (Å²) in [5.41, 5.74) is -0.211. The van der Waals surface area contributed by atoms with Crippen molar-refractivity contribution >= 4 is 44.9 Å². The van der Waals surface area contributed by atoms with Gasteiger partial charge in [0.15, 0.2) is 5.16 Å². The molecule has 3 aromatic heterocycles. The van der Waals surface area contributed by atoms with Crippen LogP contribution in [0, 0.1) is 6.92 Å². The fraction of sp³-hybridized carbons (Fsp3) is 0.333. The highest BCUT2D eigenvalue weighted by Gasteiger charge is 2.15. The summed E-state index contributed by atoms with van der Waals surface area (Å²) in [5, 5.41) is 8.97. The fourth-order valence-corrected chi connectivity index (χ4v) is 4.12. The van der Waals surface area contributed by atoms with Crippen LogP contribution in [0.3, 0.4) is 0 Å². The van der Waals surface area contributed by atoms with E-state index in [9.17, 15) is 4.79 Å². The van der Waals surface area contributed by atoms with Crippen LogP contribution in [-0.2, 0) is 6.54 Å². The van der Waals surface area contributed by atoms with E-state index in [-0.39, 0.29) is 11.0 Å². The van der Waals surface area contributed by atoms with Gasteiger partial charge in [0.05, 0.1) is 0 Å². The van der Waals surface area contributed by atoms with Gasteiger partial charge in [-0.05, 0) is 42.8 Å². The summed E-state index contributed by atoms with van der Waals surface area (Å²) < 4.78 is 1.60. The first-order valence-electron chi connectivity index (χ1n) is 6.35. The molecule has 0 aromatic carbocycles. The summed E-state index contributed by atoms with van der Waals surface area (Å²) in [6.07, 6.45) is 0.852. The van der Waals surface area contributed by atoms with Gasteiger partial charge in [-0.3, -0.25) is 4.57 Å². The van der Waals surface area contributed by atoms with E-state index in [4.69, 9.17) is 11.6 Å². The molecule has 0 unspecified atom stereocenters. The smallest absolute Gasteiger partial charge is 0.270 e. The maximum Gasteiger partial charge on any atom is 0.343 e. The van der Waals surface area contributed by atoms with E-state index in [0.29, 0.717) is 16.7 Å². The van der Waals surface area contributed by atoms with Crippen molar-refractivity contribution in [3.63, 3.8) is 0 Å². The lowest BCUT2D eigenvalue weighted by atomic mass is 10.4. The summed E-state index contributed by atoms with van der Waals surface area (Å²) in [4.78, 5) is 22.2. The Morgan fingerprint density at radius 2 is 2.29 bits per heavy atom. The molecule has 0 aliphatic rings. The molecule has 0 aliphatic carbocycles. The monoisotopic (exact) mass is 341 g/mol. The second-order valence-corrected chi connectivity index (χ2v) is 6.97. The zero-order valence-electron chi connectivity index (χ0n) is 11.4. The van der Waals surface area contributed by atoms with E-state index in [2.05, 4.69) is 20.2 Å². The number of H-pyrrole nitrogens is 1. The van der Waals surface area contributed by atoms with Crippen LogP contribution in [0.15, 0.2) is 21.0 Å². The standard InChI is InChI=1S/C12H12ClN5OS2/c1-3-4-18-11(19)16-17-12(18)21-9-7-5-6(2)20-8(7)14-10(13)15-9/h5H,3-4H2,1-2H3,(H,16,19). The van der Waals surface area contributed by atoms with E-state index < -0.39 is 0 Å². The molecule has 9 heteroatoms. The molecule has 3 rings (SSSR count). The van der Waals surface area contributed by atoms with Gasteiger partial charge >= 0.3 is 5.69 Å². The van der Waals surface area contributed by atoms with Crippen LogP contribution in [0.4, 0.5) is 0 Å². The molecular formula is C12H12ClN5OS2. The SMILES string of the molecule is CCCn1c(Sc2nc(Cl)nc3sc(C)cc23)n[nH]c1=O. The number of thiophene rings is 1. The highest BCUT2D eigenvalue weighted by molar-refractivity contribution is 7.99. The quantitative estimate of drug-likeness (QED) is 0.583. The van der Waals surface area contributed by atoms with Crippen molar-refractivity contribution in [3.05, 3.63) is 26.7 Å². The Morgan fingerprint density at radius 1 is 1.48 bits per heavy atom. The Hall–Kier alpha value is -1.38. The van der Waals surface area contributed by atoms with E-state index in [0.717, 1.165) is 21.5 Å². The molecule has 3 heterocycles. The van der Waals surface area contributed by atoms with E-state index in [1.807, 2.05) is 19.9 Å². The number of fused-ring (bicyclic) bond motifs is 1. The lowest BCUT2D eigenvalue weighted by Crippen LogP contribution is -2.17. The van der Waals surface area contributed by atoms with Gasteiger partial charge in [-0.15, -0.1) is 16.4 Å². The van der Waals surface area contributed by atoms with Crippen molar-refractivity contribution in [2.24, 2.45) is 0 Å². The maximum atomic E-state index is 11.7. The minimum Gasteiger partial charge on any atom is -0.270 e. The van der Waals surface area contributed by atoms with Crippen molar-refractivity contribution in [1.29, 1.82) is 0 Å². The second kappa shape index (κ2) is 5.78. The van der Waals surface area contributed by atoms with Crippen molar-refractivity contribution in [1.82, 2.24) is 24.7 Å². The second-order valence-electron chi connectivity index (χ2n) is 4.44. The highest BCUT2D eigenvalue weighted by Crippen LogP contribution is 2.34. The average molecular weight is 342 g/mol. The Balaban J connectivity index is 2.07. The van der Waals surface area contributed by atoms with Crippen molar-refractivity contribution in [2.45, 2.75) is 37.0 Å². The molecule has 0 spiro atoms. The van der Waals surface area contributed by atoms with Gasteiger partial charge in [0.25, 0.3) is 0 Å². The minimum absolute atomic E-state index is 0.201. The molecule has 0 amide bonds. The predicted molar refractivity (Wildman–Crippen MR) is 84.4 cm³/mol. The third-order valence-corrected chi connectivity index (χ3v) is 4.92. The van der Waals surface area contributed by atoms with Crippen molar-refractivity contribution in [2.75, 3.05) is 0 Å². The summed E-state index contributed by atoms with van der Waals surface area (Å²) in [7, 11) is 0. The molecule has 0 bridgehead atoms.